The van der Waals surface area contributed by atoms with E-state index in [1.54, 1.807) is 6.26 Å². The first-order valence-corrected chi connectivity index (χ1v) is 9.34. The highest BCUT2D eigenvalue weighted by Gasteiger charge is 2.09. The summed E-state index contributed by atoms with van der Waals surface area (Å²) >= 11 is 0. The minimum Gasteiger partial charge on any atom is -0.444 e. The van der Waals surface area contributed by atoms with Crippen LogP contribution >= 0.6 is 0 Å². The number of hydrogen-bond donors (Lipinski definition) is 2. The molecule has 3 aromatic carbocycles. The molecule has 0 aliphatic rings. The van der Waals surface area contributed by atoms with Crippen molar-refractivity contribution < 1.29 is 9.21 Å². The molecule has 0 fully saturated rings. The maximum atomic E-state index is 12.2. The number of urea groups is 1. The summed E-state index contributed by atoms with van der Waals surface area (Å²) in [5.41, 5.74) is 6.41. The van der Waals surface area contributed by atoms with Crippen molar-refractivity contribution in [2.45, 2.75) is 13.8 Å². The van der Waals surface area contributed by atoms with Crippen LogP contribution < -0.4 is 10.6 Å². The highest BCUT2D eigenvalue weighted by Crippen LogP contribution is 2.26. The maximum Gasteiger partial charge on any atom is 0.323 e. The van der Waals surface area contributed by atoms with Gasteiger partial charge in [-0.05, 0) is 50.2 Å². The normalized spacial score (nSPS) is 10.6. The summed E-state index contributed by atoms with van der Waals surface area (Å²) in [6, 6.07) is 22.9. The Morgan fingerprint density at radius 2 is 1.21 bits per heavy atom. The van der Waals surface area contributed by atoms with E-state index in [1.807, 2.05) is 79.7 Å². The van der Waals surface area contributed by atoms with Crippen molar-refractivity contribution in [3.63, 3.8) is 0 Å². The molecule has 5 nitrogen and oxygen atoms in total. The van der Waals surface area contributed by atoms with E-state index in [9.17, 15) is 4.79 Å². The molecule has 29 heavy (non-hydrogen) atoms. The van der Waals surface area contributed by atoms with Gasteiger partial charge in [0.25, 0.3) is 0 Å². The minimum atomic E-state index is -0.292. The summed E-state index contributed by atoms with van der Waals surface area (Å²) in [5, 5.41) is 5.63. The summed E-state index contributed by atoms with van der Waals surface area (Å²) in [4.78, 5) is 16.7. The van der Waals surface area contributed by atoms with E-state index in [1.165, 1.54) is 5.56 Å². The highest BCUT2D eigenvalue weighted by molar-refractivity contribution is 5.99. The topological polar surface area (TPSA) is 67.2 Å². The second-order valence-electron chi connectivity index (χ2n) is 6.93. The lowest BCUT2D eigenvalue weighted by atomic mass is 10.1. The van der Waals surface area contributed by atoms with Gasteiger partial charge in [-0.2, -0.15) is 0 Å². The summed E-state index contributed by atoms with van der Waals surface area (Å²) in [6.45, 7) is 4.05. The first-order chi connectivity index (χ1) is 14.1. The average Bonchev–Trinajstić information content (AvgIpc) is 3.21. The molecule has 4 rings (SSSR count). The van der Waals surface area contributed by atoms with Crippen LogP contribution in [0.4, 0.5) is 16.2 Å². The third-order valence-corrected chi connectivity index (χ3v) is 4.55. The van der Waals surface area contributed by atoms with Gasteiger partial charge in [0.05, 0.1) is 0 Å². The van der Waals surface area contributed by atoms with Crippen LogP contribution in [0.5, 0.6) is 0 Å². The molecule has 5 heteroatoms. The van der Waals surface area contributed by atoms with Crippen LogP contribution in [0.3, 0.4) is 0 Å². The lowest BCUT2D eigenvalue weighted by Gasteiger charge is -2.08. The molecule has 1 aromatic heterocycles. The first kappa shape index (κ1) is 18.5. The van der Waals surface area contributed by atoms with Crippen LogP contribution in [0, 0.1) is 13.8 Å². The third kappa shape index (κ3) is 4.52. The molecule has 0 saturated carbocycles. The van der Waals surface area contributed by atoms with Crippen molar-refractivity contribution in [3.8, 4) is 22.7 Å². The number of carbonyl (C=O) groups excluding carboxylic acids is 1. The van der Waals surface area contributed by atoms with Crippen LogP contribution in [-0.4, -0.2) is 11.0 Å². The van der Waals surface area contributed by atoms with Crippen molar-refractivity contribution in [2.75, 3.05) is 10.6 Å². The SMILES string of the molecule is Cc1ccc(NC(=O)Nc2ccc(-c3nc(-c4ccc(C)cc4)co3)cc2)cc1. The number of rotatable bonds is 4. The van der Waals surface area contributed by atoms with Gasteiger partial charge < -0.3 is 15.1 Å². The van der Waals surface area contributed by atoms with E-state index < -0.39 is 0 Å². The molecular weight excluding hydrogens is 362 g/mol. The Morgan fingerprint density at radius 3 is 1.79 bits per heavy atom. The van der Waals surface area contributed by atoms with Gasteiger partial charge >= 0.3 is 6.03 Å². The summed E-state index contributed by atoms with van der Waals surface area (Å²) in [6.07, 6.45) is 1.65. The van der Waals surface area contributed by atoms with Crippen LogP contribution in [0.25, 0.3) is 22.7 Å². The second kappa shape index (κ2) is 8.02. The number of nitrogens with zero attached hydrogens (tertiary/aromatic N) is 1. The van der Waals surface area contributed by atoms with Crippen LogP contribution in [0.1, 0.15) is 11.1 Å². The Kier molecular flexibility index (Phi) is 5.12. The maximum absolute atomic E-state index is 12.2. The minimum absolute atomic E-state index is 0.292. The molecular formula is C24H21N3O2. The number of carbonyl (C=O) groups is 1. The van der Waals surface area contributed by atoms with Crippen molar-refractivity contribution in [3.05, 3.63) is 90.2 Å². The van der Waals surface area contributed by atoms with E-state index in [0.717, 1.165) is 28.1 Å². The Balaban J connectivity index is 1.42. The molecule has 2 N–H and O–H groups in total. The number of hydrogen-bond acceptors (Lipinski definition) is 3. The number of anilines is 2. The smallest absolute Gasteiger partial charge is 0.323 e. The predicted molar refractivity (Wildman–Crippen MR) is 116 cm³/mol. The zero-order chi connectivity index (χ0) is 20.2. The number of amides is 2. The molecule has 2 amide bonds. The Bertz CT molecular complexity index is 1110. The van der Waals surface area contributed by atoms with E-state index in [4.69, 9.17) is 4.42 Å². The number of aryl methyl sites for hydroxylation is 2. The quantitative estimate of drug-likeness (QED) is 0.436. The molecule has 0 saturated heterocycles. The predicted octanol–water partition coefficient (Wildman–Crippen LogP) is 6.27. The Morgan fingerprint density at radius 1 is 0.724 bits per heavy atom. The van der Waals surface area contributed by atoms with Crippen molar-refractivity contribution in [1.82, 2.24) is 4.98 Å². The fraction of sp³-hybridized carbons (Fsp3) is 0.0833. The molecule has 1 heterocycles. The largest absolute Gasteiger partial charge is 0.444 e. The van der Waals surface area contributed by atoms with E-state index in [0.29, 0.717) is 11.6 Å². The number of aromatic nitrogens is 1. The summed E-state index contributed by atoms with van der Waals surface area (Å²) in [5.74, 6) is 0.538. The monoisotopic (exact) mass is 383 g/mol. The van der Waals surface area contributed by atoms with Crippen molar-refractivity contribution in [1.29, 1.82) is 0 Å². The molecule has 0 spiro atoms. The van der Waals surface area contributed by atoms with E-state index >= 15 is 0 Å². The molecule has 0 radical (unpaired) electrons. The molecule has 0 aliphatic heterocycles. The molecule has 0 atom stereocenters. The number of nitrogens with one attached hydrogen (secondary N) is 2. The summed E-state index contributed by atoms with van der Waals surface area (Å²) < 4.78 is 5.63. The average molecular weight is 383 g/mol. The van der Waals surface area contributed by atoms with Crippen molar-refractivity contribution >= 4 is 17.4 Å². The summed E-state index contributed by atoms with van der Waals surface area (Å²) in [7, 11) is 0. The van der Waals surface area contributed by atoms with Gasteiger partial charge in [0.2, 0.25) is 5.89 Å². The molecule has 144 valence electrons. The number of oxazole rings is 1. The molecule has 0 aliphatic carbocycles. The third-order valence-electron chi connectivity index (χ3n) is 4.55. The van der Waals surface area contributed by atoms with Gasteiger partial charge in [-0.3, -0.25) is 0 Å². The molecule has 0 bridgehead atoms. The second-order valence-corrected chi connectivity index (χ2v) is 6.93. The van der Waals surface area contributed by atoms with Gasteiger partial charge in [0.15, 0.2) is 0 Å². The highest BCUT2D eigenvalue weighted by atomic mass is 16.3. The number of benzene rings is 3. The van der Waals surface area contributed by atoms with Gasteiger partial charge in [-0.15, -0.1) is 0 Å². The van der Waals surface area contributed by atoms with E-state index in [2.05, 4.69) is 22.5 Å². The van der Waals surface area contributed by atoms with Crippen LogP contribution in [0.2, 0.25) is 0 Å². The molecule has 4 aromatic rings. The Hall–Kier alpha value is -3.86. The van der Waals surface area contributed by atoms with Gasteiger partial charge in [0, 0.05) is 22.5 Å². The zero-order valence-electron chi connectivity index (χ0n) is 16.3. The van der Waals surface area contributed by atoms with Crippen LogP contribution in [-0.2, 0) is 0 Å². The van der Waals surface area contributed by atoms with E-state index in [-0.39, 0.29) is 6.03 Å². The fourth-order valence-corrected chi connectivity index (χ4v) is 2.89. The lowest BCUT2D eigenvalue weighted by Crippen LogP contribution is -2.19. The Labute approximate surface area is 169 Å². The standard InChI is InChI=1S/C24H21N3O2/c1-16-3-7-18(8-4-16)22-15-29-23(27-22)19-9-13-21(14-10-19)26-24(28)25-20-11-5-17(2)6-12-20/h3-15H,1-2H3,(H2,25,26,28). The fourth-order valence-electron chi connectivity index (χ4n) is 2.89. The van der Waals surface area contributed by atoms with Gasteiger partial charge in [0.1, 0.15) is 12.0 Å². The van der Waals surface area contributed by atoms with Crippen molar-refractivity contribution in [2.24, 2.45) is 0 Å². The van der Waals surface area contributed by atoms with Gasteiger partial charge in [-0.1, -0.05) is 47.5 Å². The van der Waals surface area contributed by atoms with Gasteiger partial charge in [-0.25, -0.2) is 9.78 Å². The molecule has 0 unspecified atom stereocenters. The van der Waals surface area contributed by atoms with Crippen LogP contribution in [0.15, 0.2) is 83.5 Å². The lowest BCUT2D eigenvalue weighted by molar-refractivity contribution is 0.262. The zero-order valence-corrected chi connectivity index (χ0v) is 16.3. The first-order valence-electron chi connectivity index (χ1n) is 9.34.